The van der Waals surface area contributed by atoms with Crippen LogP contribution in [0.25, 0.3) is 0 Å². The predicted molar refractivity (Wildman–Crippen MR) is 102 cm³/mol. The Morgan fingerprint density at radius 3 is 2.54 bits per heavy atom. The second kappa shape index (κ2) is 6.44. The van der Waals surface area contributed by atoms with Gasteiger partial charge in [0.25, 0.3) is 0 Å². The first kappa shape index (κ1) is 17.1. The minimum Gasteiger partial charge on any atom is -0.337 e. The monoisotopic (exact) mass is 368 g/mol. The van der Waals surface area contributed by atoms with Gasteiger partial charge < -0.3 is 10.2 Å². The maximum Gasteiger partial charge on any atom is 0.240 e. The summed E-state index contributed by atoms with van der Waals surface area (Å²) in [5.41, 5.74) is 3.17. The summed E-state index contributed by atoms with van der Waals surface area (Å²) in [6.07, 6.45) is 2.07. The number of nitrogens with zero attached hydrogens (tertiary/aromatic N) is 1. The molecule has 1 N–H and O–H groups in total. The van der Waals surface area contributed by atoms with Crippen LogP contribution in [0.3, 0.4) is 0 Å². The minimum absolute atomic E-state index is 0.0453. The van der Waals surface area contributed by atoms with Crippen LogP contribution in [-0.4, -0.2) is 23.3 Å². The number of hydrogen-bond acceptors (Lipinski definition) is 2. The van der Waals surface area contributed by atoms with Crippen molar-refractivity contribution in [3.05, 3.63) is 64.2 Å². The molecule has 2 aromatic carbocycles. The van der Waals surface area contributed by atoms with Gasteiger partial charge in [0.1, 0.15) is 5.41 Å². The zero-order chi connectivity index (χ0) is 18.3. The van der Waals surface area contributed by atoms with Crippen LogP contribution >= 0.6 is 11.6 Å². The molecular formula is C21H21ClN2O2. The lowest BCUT2D eigenvalue weighted by molar-refractivity contribution is -0.143. The highest BCUT2D eigenvalue weighted by Crippen LogP contribution is 2.49. The van der Waals surface area contributed by atoms with Crippen molar-refractivity contribution in [3.63, 3.8) is 0 Å². The Kier molecular flexibility index (Phi) is 4.23. The summed E-state index contributed by atoms with van der Waals surface area (Å²) in [5.74, 6) is -0.247. The SMILES string of the molecule is Cc1cc(Cl)ccc1NC(=O)C1(C(=O)N2CCc3ccccc3C2)CC1. The van der Waals surface area contributed by atoms with Gasteiger partial charge in [-0.25, -0.2) is 0 Å². The molecule has 1 aliphatic heterocycles. The molecule has 4 rings (SSSR count). The standard InChI is InChI=1S/C21H21ClN2O2/c1-14-12-17(22)6-7-18(14)23-19(25)21(9-10-21)20(26)24-11-8-15-4-2-3-5-16(15)13-24/h2-7,12H,8-11,13H2,1H3,(H,23,25). The van der Waals surface area contributed by atoms with Crippen molar-refractivity contribution in [2.24, 2.45) is 5.41 Å². The van der Waals surface area contributed by atoms with Crippen LogP contribution < -0.4 is 5.32 Å². The molecule has 26 heavy (non-hydrogen) atoms. The molecule has 0 aromatic heterocycles. The largest absolute Gasteiger partial charge is 0.337 e. The van der Waals surface area contributed by atoms with Crippen molar-refractivity contribution in [1.82, 2.24) is 4.90 Å². The average molecular weight is 369 g/mol. The summed E-state index contributed by atoms with van der Waals surface area (Å²) >= 11 is 5.98. The zero-order valence-corrected chi connectivity index (χ0v) is 15.5. The Balaban J connectivity index is 1.50. The third kappa shape index (κ3) is 2.99. The van der Waals surface area contributed by atoms with Gasteiger partial charge in [-0.05, 0) is 61.1 Å². The first-order valence-corrected chi connectivity index (χ1v) is 9.31. The molecule has 0 unspecified atom stereocenters. The van der Waals surface area contributed by atoms with Gasteiger partial charge in [-0.15, -0.1) is 0 Å². The van der Waals surface area contributed by atoms with Crippen molar-refractivity contribution >= 4 is 29.1 Å². The Bertz CT molecular complexity index is 889. The number of amides is 2. The van der Waals surface area contributed by atoms with Gasteiger partial charge in [0.2, 0.25) is 11.8 Å². The van der Waals surface area contributed by atoms with Crippen LogP contribution in [0.15, 0.2) is 42.5 Å². The molecule has 0 spiro atoms. The van der Waals surface area contributed by atoms with Crippen LogP contribution in [0.4, 0.5) is 5.69 Å². The van der Waals surface area contributed by atoms with E-state index in [1.54, 1.807) is 18.2 Å². The molecule has 1 heterocycles. The number of anilines is 1. The molecule has 2 aromatic rings. The van der Waals surface area contributed by atoms with Crippen molar-refractivity contribution in [1.29, 1.82) is 0 Å². The Hall–Kier alpha value is -2.33. The molecule has 0 bridgehead atoms. The predicted octanol–water partition coefficient (Wildman–Crippen LogP) is 3.95. The minimum atomic E-state index is -0.904. The fraction of sp³-hybridized carbons (Fsp3) is 0.333. The second-order valence-corrected chi connectivity index (χ2v) is 7.68. The zero-order valence-electron chi connectivity index (χ0n) is 14.7. The molecule has 1 aliphatic carbocycles. The number of hydrogen-bond donors (Lipinski definition) is 1. The maximum absolute atomic E-state index is 13.1. The molecule has 5 heteroatoms. The Morgan fingerprint density at radius 1 is 1.12 bits per heavy atom. The Labute approximate surface area is 158 Å². The van der Waals surface area contributed by atoms with Crippen molar-refractivity contribution < 1.29 is 9.59 Å². The van der Waals surface area contributed by atoms with E-state index >= 15 is 0 Å². The number of benzene rings is 2. The first-order chi connectivity index (χ1) is 12.5. The van der Waals surface area contributed by atoms with E-state index in [9.17, 15) is 9.59 Å². The molecule has 1 saturated carbocycles. The van der Waals surface area contributed by atoms with E-state index in [1.807, 2.05) is 24.0 Å². The van der Waals surface area contributed by atoms with E-state index in [-0.39, 0.29) is 11.8 Å². The second-order valence-electron chi connectivity index (χ2n) is 7.24. The van der Waals surface area contributed by atoms with Gasteiger partial charge in [-0.1, -0.05) is 35.9 Å². The molecule has 2 amide bonds. The van der Waals surface area contributed by atoms with Gasteiger partial charge in [0.05, 0.1) is 0 Å². The molecular weight excluding hydrogens is 348 g/mol. The van der Waals surface area contributed by atoms with Crippen molar-refractivity contribution in [3.8, 4) is 0 Å². The molecule has 0 saturated heterocycles. The highest BCUT2D eigenvalue weighted by atomic mass is 35.5. The summed E-state index contributed by atoms with van der Waals surface area (Å²) in [6, 6.07) is 13.5. The number of fused-ring (bicyclic) bond motifs is 1. The molecule has 1 fully saturated rings. The summed E-state index contributed by atoms with van der Waals surface area (Å²) in [7, 11) is 0. The van der Waals surface area contributed by atoms with Crippen molar-refractivity contribution in [2.75, 3.05) is 11.9 Å². The van der Waals surface area contributed by atoms with Gasteiger partial charge in [0, 0.05) is 23.8 Å². The van der Waals surface area contributed by atoms with E-state index < -0.39 is 5.41 Å². The maximum atomic E-state index is 13.1. The third-order valence-electron chi connectivity index (χ3n) is 5.45. The third-order valence-corrected chi connectivity index (χ3v) is 5.68. The lowest BCUT2D eigenvalue weighted by atomic mass is 9.97. The van der Waals surface area contributed by atoms with Gasteiger partial charge in [-0.3, -0.25) is 9.59 Å². The lowest BCUT2D eigenvalue weighted by Gasteiger charge is -2.31. The number of carbonyl (C=O) groups is 2. The quantitative estimate of drug-likeness (QED) is 0.834. The summed E-state index contributed by atoms with van der Waals surface area (Å²) in [5, 5.41) is 3.56. The van der Waals surface area contributed by atoms with Gasteiger partial charge in [-0.2, -0.15) is 0 Å². The van der Waals surface area contributed by atoms with E-state index in [2.05, 4.69) is 17.4 Å². The first-order valence-electron chi connectivity index (χ1n) is 8.93. The van der Waals surface area contributed by atoms with E-state index in [0.717, 1.165) is 12.0 Å². The summed E-state index contributed by atoms with van der Waals surface area (Å²) in [6.45, 7) is 3.15. The van der Waals surface area contributed by atoms with E-state index in [4.69, 9.17) is 11.6 Å². The molecule has 4 nitrogen and oxygen atoms in total. The molecule has 2 aliphatic rings. The van der Waals surface area contributed by atoms with Crippen LogP contribution in [0.1, 0.15) is 29.5 Å². The molecule has 134 valence electrons. The van der Waals surface area contributed by atoms with Gasteiger partial charge >= 0.3 is 0 Å². The number of aryl methyl sites for hydroxylation is 1. The Morgan fingerprint density at radius 2 is 1.85 bits per heavy atom. The number of nitrogens with one attached hydrogen (secondary N) is 1. The van der Waals surface area contributed by atoms with Crippen LogP contribution in [0.2, 0.25) is 5.02 Å². The van der Waals surface area contributed by atoms with Gasteiger partial charge in [0.15, 0.2) is 0 Å². The number of carbonyl (C=O) groups excluding carboxylic acids is 2. The molecule has 0 radical (unpaired) electrons. The van der Waals surface area contributed by atoms with Crippen LogP contribution in [0, 0.1) is 12.3 Å². The lowest BCUT2D eigenvalue weighted by Crippen LogP contribution is -2.45. The fourth-order valence-electron chi connectivity index (χ4n) is 3.64. The van der Waals surface area contributed by atoms with E-state index in [0.29, 0.717) is 36.6 Å². The van der Waals surface area contributed by atoms with Crippen LogP contribution in [-0.2, 0) is 22.6 Å². The number of rotatable bonds is 3. The summed E-state index contributed by atoms with van der Waals surface area (Å²) in [4.78, 5) is 27.8. The average Bonchev–Trinajstić information content (AvgIpc) is 3.45. The smallest absolute Gasteiger partial charge is 0.240 e. The normalized spacial score (nSPS) is 17.4. The van der Waals surface area contributed by atoms with E-state index in [1.165, 1.54) is 11.1 Å². The highest BCUT2D eigenvalue weighted by Gasteiger charge is 2.58. The highest BCUT2D eigenvalue weighted by molar-refractivity contribution is 6.30. The van der Waals surface area contributed by atoms with Crippen molar-refractivity contribution in [2.45, 2.75) is 32.7 Å². The number of halogens is 1. The topological polar surface area (TPSA) is 49.4 Å². The molecule has 0 atom stereocenters. The van der Waals surface area contributed by atoms with Crippen LogP contribution in [0.5, 0.6) is 0 Å². The summed E-state index contributed by atoms with van der Waals surface area (Å²) < 4.78 is 0. The fourth-order valence-corrected chi connectivity index (χ4v) is 3.87.